The Labute approximate surface area is 227 Å². The fourth-order valence-electron chi connectivity index (χ4n) is 6.33. The number of aryl methyl sites for hydroxylation is 3. The molecule has 1 N–H and O–H groups in total. The van der Waals surface area contributed by atoms with E-state index in [9.17, 15) is 4.79 Å². The number of H-pyrrole nitrogens is 1. The van der Waals surface area contributed by atoms with E-state index in [1.54, 1.807) is 0 Å². The number of piperazine rings is 1. The van der Waals surface area contributed by atoms with E-state index < -0.39 is 0 Å². The molecule has 198 valence electrons. The summed E-state index contributed by atoms with van der Waals surface area (Å²) in [4.78, 5) is 21.6. The van der Waals surface area contributed by atoms with Crippen LogP contribution in [-0.4, -0.2) is 56.3 Å². The van der Waals surface area contributed by atoms with Crippen molar-refractivity contribution in [3.63, 3.8) is 0 Å². The Morgan fingerprint density at radius 3 is 2.50 bits per heavy atom. The number of hydrogen-bond donors (Lipinski definition) is 1. The van der Waals surface area contributed by atoms with Crippen molar-refractivity contribution in [2.75, 3.05) is 31.1 Å². The van der Waals surface area contributed by atoms with Crippen LogP contribution in [0.15, 0.2) is 41.2 Å². The topological polar surface area (TPSA) is 82.9 Å². The molecule has 1 unspecified atom stereocenters. The number of nitrogens with one attached hydrogen (secondary N) is 1. The molecule has 8 nitrogen and oxygen atoms in total. The molecule has 1 atom stereocenters. The number of fused-ring (bicyclic) bond motifs is 1. The van der Waals surface area contributed by atoms with Crippen LogP contribution in [0, 0.1) is 20.8 Å². The van der Waals surface area contributed by atoms with Gasteiger partial charge in [-0.05, 0) is 85.0 Å². The van der Waals surface area contributed by atoms with E-state index in [1.807, 2.05) is 22.9 Å². The van der Waals surface area contributed by atoms with Crippen LogP contribution in [0.4, 0.5) is 5.69 Å². The maximum atomic E-state index is 13.7. The van der Waals surface area contributed by atoms with Crippen LogP contribution in [0.2, 0.25) is 5.02 Å². The maximum absolute atomic E-state index is 13.7. The summed E-state index contributed by atoms with van der Waals surface area (Å²) >= 11 is 6.33. The highest BCUT2D eigenvalue weighted by molar-refractivity contribution is 6.30. The van der Waals surface area contributed by atoms with Gasteiger partial charge < -0.3 is 9.88 Å². The minimum Gasteiger partial charge on any atom is -0.369 e. The SMILES string of the molecule is Cc1cc(C)c2cc(C(c3nnnn3C3CCCC3)N3CCN(c4cc(Cl)ccc4C)CC3)c(=O)[nH]c2c1. The summed E-state index contributed by atoms with van der Waals surface area (Å²) in [6, 6.07) is 12.3. The molecule has 0 spiro atoms. The molecule has 1 aliphatic heterocycles. The zero-order valence-electron chi connectivity index (χ0n) is 22.2. The van der Waals surface area contributed by atoms with Crippen molar-refractivity contribution in [3.05, 3.63) is 79.9 Å². The molecule has 4 aromatic rings. The summed E-state index contributed by atoms with van der Waals surface area (Å²) in [5, 5.41) is 14.9. The largest absolute Gasteiger partial charge is 0.369 e. The first kappa shape index (κ1) is 25.1. The van der Waals surface area contributed by atoms with Crippen molar-refractivity contribution < 1.29 is 0 Å². The normalized spacial score (nSPS) is 17.9. The van der Waals surface area contributed by atoms with Gasteiger partial charge in [0.15, 0.2) is 5.82 Å². The second-order valence-corrected chi connectivity index (χ2v) is 11.3. The van der Waals surface area contributed by atoms with Crippen LogP contribution >= 0.6 is 11.6 Å². The van der Waals surface area contributed by atoms with Crippen molar-refractivity contribution in [1.29, 1.82) is 0 Å². The number of tetrazole rings is 1. The molecule has 3 heterocycles. The highest BCUT2D eigenvalue weighted by Gasteiger charge is 2.35. The standard InChI is InChI=1S/C29H34ClN7O/c1-18-14-20(3)23-17-24(29(38)31-25(23)15-18)27(28-32-33-34-37(28)22-6-4-5-7-22)36-12-10-35(11-13-36)26-16-21(30)9-8-19(26)2/h8-9,14-17,22,27H,4-7,10-13H2,1-3H3,(H,31,38). The van der Waals surface area contributed by atoms with E-state index >= 15 is 0 Å². The summed E-state index contributed by atoms with van der Waals surface area (Å²) in [5.41, 5.74) is 6.14. The van der Waals surface area contributed by atoms with Gasteiger partial charge in [0.25, 0.3) is 5.56 Å². The summed E-state index contributed by atoms with van der Waals surface area (Å²) in [7, 11) is 0. The van der Waals surface area contributed by atoms with E-state index in [0.29, 0.717) is 5.56 Å². The van der Waals surface area contributed by atoms with E-state index in [4.69, 9.17) is 11.6 Å². The van der Waals surface area contributed by atoms with E-state index in [0.717, 1.165) is 71.9 Å². The fourth-order valence-corrected chi connectivity index (χ4v) is 6.49. The molecule has 0 radical (unpaired) electrons. The molecule has 6 rings (SSSR count). The predicted octanol–water partition coefficient (Wildman–Crippen LogP) is 5.12. The van der Waals surface area contributed by atoms with Crippen LogP contribution in [0.5, 0.6) is 0 Å². The molecule has 1 aliphatic carbocycles. The lowest BCUT2D eigenvalue weighted by Gasteiger charge is -2.40. The molecule has 1 saturated carbocycles. The molecule has 2 fully saturated rings. The highest BCUT2D eigenvalue weighted by Crippen LogP contribution is 2.35. The smallest absolute Gasteiger partial charge is 0.253 e. The van der Waals surface area contributed by atoms with Crippen molar-refractivity contribution in [3.8, 4) is 0 Å². The molecule has 0 bridgehead atoms. The zero-order chi connectivity index (χ0) is 26.4. The third-order valence-electron chi connectivity index (χ3n) is 8.26. The number of nitrogens with zero attached hydrogens (tertiary/aromatic N) is 6. The van der Waals surface area contributed by atoms with Crippen molar-refractivity contribution >= 4 is 28.2 Å². The number of pyridine rings is 1. The third-order valence-corrected chi connectivity index (χ3v) is 8.50. The lowest BCUT2D eigenvalue weighted by molar-refractivity contribution is 0.197. The molecule has 0 amide bonds. The van der Waals surface area contributed by atoms with Crippen LogP contribution < -0.4 is 10.5 Å². The van der Waals surface area contributed by atoms with Gasteiger partial charge in [0, 0.05) is 53.4 Å². The minimum atomic E-state index is -0.331. The lowest BCUT2D eigenvalue weighted by atomic mass is 9.99. The summed E-state index contributed by atoms with van der Waals surface area (Å²) < 4.78 is 2.00. The zero-order valence-corrected chi connectivity index (χ0v) is 23.0. The lowest BCUT2D eigenvalue weighted by Crippen LogP contribution is -2.49. The first-order chi connectivity index (χ1) is 18.4. The van der Waals surface area contributed by atoms with Gasteiger partial charge in [-0.15, -0.1) is 5.10 Å². The Morgan fingerprint density at radius 2 is 1.74 bits per heavy atom. The third kappa shape index (κ3) is 4.60. The van der Waals surface area contributed by atoms with E-state index in [1.165, 1.54) is 24.1 Å². The number of aromatic nitrogens is 5. The monoisotopic (exact) mass is 531 g/mol. The number of anilines is 1. The van der Waals surface area contributed by atoms with Crippen molar-refractivity contribution in [1.82, 2.24) is 30.1 Å². The summed E-state index contributed by atoms with van der Waals surface area (Å²) in [6.07, 6.45) is 4.50. The molecular weight excluding hydrogens is 498 g/mol. The van der Waals surface area contributed by atoms with Gasteiger partial charge in [-0.3, -0.25) is 9.69 Å². The molecule has 2 aliphatic rings. The van der Waals surface area contributed by atoms with Crippen LogP contribution in [0.3, 0.4) is 0 Å². The van der Waals surface area contributed by atoms with Gasteiger partial charge in [0.05, 0.1) is 6.04 Å². The van der Waals surface area contributed by atoms with Crippen molar-refractivity contribution in [2.45, 2.75) is 58.5 Å². The van der Waals surface area contributed by atoms with Gasteiger partial charge in [-0.25, -0.2) is 4.68 Å². The van der Waals surface area contributed by atoms with Crippen molar-refractivity contribution in [2.24, 2.45) is 0 Å². The Morgan fingerprint density at radius 1 is 0.974 bits per heavy atom. The number of halogens is 1. The Hall–Kier alpha value is -3.23. The summed E-state index contributed by atoms with van der Waals surface area (Å²) in [6.45, 7) is 9.48. The molecular formula is C29H34ClN7O. The first-order valence-corrected chi connectivity index (χ1v) is 13.9. The van der Waals surface area contributed by atoms with Crippen LogP contribution in [-0.2, 0) is 0 Å². The van der Waals surface area contributed by atoms with Crippen LogP contribution in [0.25, 0.3) is 10.9 Å². The molecule has 9 heteroatoms. The Bertz CT molecular complexity index is 1530. The van der Waals surface area contributed by atoms with E-state index in [2.05, 4.69) is 69.3 Å². The number of rotatable bonds is 5. The highest BCUT2D eigenvalue weighted by atomic mass is 35.5. The first-order valence-electron chi connectivity index (χ1n) is 13.6. The minimum absolute atomic E-state index is 0.0819. The molecule has 2 aromatic heterocycles. The average Bonchev–Trinajstić information content (AvgIpc) is 3.59. The number of hydrogen-bond acceptors (Lipinski definition) is 6. The Kier molecular flexibility index (Phi) is 6.70. The number of benzene rings is 2. The molecule has 2 aromatic carbocycles. The molecule has 38 heavy (non-hydrogen) atoms. The quantitative estimate of drug-likeness (QED) is 0.385. The van der Waals surface area contributed by atoms with Gasteiger partial charge in [-0.1, -0.05) is 36.6 Å². The Balaban J connectivity index is 1.41. The second kappa shape index (κ2) is 10.2. The van der Waals surface area contributed by atoms with Gasteiger partial charge in [0.1, 0.15) is 6.04 Å². The average molecular weight is 532 g/mol. The van der Waals surface area contributed by atoms with Crippen LogP contribution in [0.1, 0.15) is 65.8 Å². The maximum Gasteiger partial charge on any atom is 0.253 e. The molecule has 1 saturated heterocycles. The van der Waals surface area contributed by atoms with E-state index in [-0.39, 0.29) is 17.6 Å². The number of aromatic amines is 1. The van der Waals surface area contributed by atoms with Gasteiger partial charge >= 0.3 is 0 Å². The van der Waals surface area contributed by atoms with Gasteiger partial charge in [0.2, 0.25) is 0 Å². The fraction of sp³-hybridized carbons (Fsp3) is 0.448. The predicted molar refractivity (Wildman–Crippen MR) is 151 cm³/mol. The second-order valence-electron chi connectivity index (χ2n) is 10.9. The summed E-state index contributed by atoms with van der Waals surface area (Å²) in [5.74, 6) is 0.763. The van der Waals surface area contributed by atoms with Gasteiger partial charge in [-0.2, -0.15) is 0 Å².